The summed E-state index contributed by atoms with van der Waals surface area (Å²) in [6.45, 7) is 0. The topological polar surface area (TPSA) is 77.2 Å². The summed E-state index contributed by atoms with van der Waals surface area (Å²) in [5.41, 5.74) is 10.2. The molecule has 80 valence electrons. The van der Waals surface area contributed by atoms with E-state index in [0.29, 0.717) is 0 Å². The number of fused-ring (bicyclic) bond motifs is 3. The number of benzene rings is 1. The molecule has 1 aromatic carbocycles. The fraction of sp³-hybridized carbons (Fsp3) is 0.0909. The highest BCUT2D eigenvalue weighted by Crippen LogP contribution is 2.36. The highest BCUT2D eigenvalue weighted by atomic mass is 16.7. The molecule has 0 bridgehead atoms. The van der Waals surface area contributed by atoms with Crippen molar-refractivity contribution in [2.24, 2.45) is 5.73 Å². The van der Waals surface area contributed by atoms with E-state index in [1.807, 2.05) is 24.3 Å². The van der Waals surface area contributed by atoms with Gasteiger partial charge in [0.05, 0.1) is 11.2 Å². The Bertz CT molecular complexity index is 582. The molecule has 2 aromatic rings. The Hall–Kier alpha value is -2.14. The maximum atomic E-state index is 11.1. The minimum absolute atomic E-state index is 0.512. The summed E-state index contributed by atoms with van der Waals surface area (Å²) in [4.78, 5) is 20.5. The smallest absolute Gasteiger partial charge is 0.254 e. The SMILES string of the molecule is NC(=O)C1ONc2c1ccc1cccnc21. The lowest BCUT2D eigenvalue weighted by molar-refractivity contribution is -0.127. The highest BCUT2D eigenvalue weighted by molar-refractivity contribution is 5.96. The average Bonchev–Trinajstić information content (AvgIpc) is 2.73. The second-order valence-electron chi connectivity index (χ2n) is 3.61. The van der Waals surface area contributed by atoms with Crippen LogP contribution in [-0.2, 0) is 9.63 Å². The zero-order chi connectivity index (χ0) is 11.1. The number of primary amides is 1. The van der Waals surface area contributed by atoms with Crippen molar-refractivity contribution < 1.29 is 9.63 Å². The molecular formula is C11H9N3O2. The van der Waals surface area contributed by atoms with Crippen molar-refractivity contribution in [2.45, 2.75) is 6.10 Å². The first-order valence-corrected chi connectivity index (χ1v) is 4.86. The fourth-order valence-corrected chi connectivity index (χ4v) is 1.88. The number of nitrogens with one attached hydrogen (secondary N) is 1. The summed E-state index contributed by atoms with van der Waals surface area (Å²) in [6, 6.07) is 7.53. The molecule has 5 heteroatoms. The molecule has 1 atom stereocenters. The van der Waals surface area contributed by atoms with E-state index in [-0.39, 0.29) is 0 Å². The van der Waals surface area contributed by atoms with Crippen LogP contribution in [0.2, 0.25) is 0 Å². The summed E-state index contributed by atoms with van der Waals surface area (Å²) in [6.07, 6.45) is 0.962. The number of pyridine rings is 1. The Balaban J connectivity index is 2.26. The van der Waals surface area contributed by atoms with Gasteiger partial charge in [0, 0.05) is 17.1 Å². The molecule has 0 spiro atoms. The van der Waals surface area contributed by atoms with Gasteiger partial charge in [0.25, 0.3) is 5.91 Å². The first-order chi connectivity index (χ1) is 7.77. The zero-order valence-electron chi connectivity index (χ0n) is 8.31. The molecule has 0 saturated heterocycles. The van der Waals surface area contributed by atoms with Gasteiger partial charge < -0.3 is 5.73 Å². The van der Waals surface area contributed by atoms with Crippen LogP contribution >= 0.6 is 0 Å². The van der Waals surface area contributed by atoms with E-state index in [2.05, 4.69) is 10.5 Å². The van der Waals surface area contributed by atoms with Gasteiger partial charge in [-0.15, -0.1) is 0 Å². The zero-order valence-corrected chi connectivity index (χ0v) is 8.31. The summed E-state index contributed by atoms with van der Waals surface area (Å²) < 4.78 is 0. The van der Waals surface area contributed by atoms with E-state index in [4.69, 9.17) is 10.6 Å². The number of carbonyl (C=O) groups excluding carboxylic acids is 1. The Kier molecular flexibility index (Phi) is 1.81. The van der Waals surface area contributed by atoms with Crippen LogP contribution in [0.4, 0.5) is 5.69 Å². The third-order valence-electron chi connectivity index (χ3n) is 2.63. The number of amides is 1. The second-order valence-corrected chi connectivity index (χ2v) is 3.61. The first-order valence-electron chi connectivity index (χ1n) is 4.86. The lowest BCUT2D eigenvalue weighted by atomic mass is 10.0. The van der Waals surface area contributed by atoms with Crippen LogP contribution in [0.15, 0.2) is 30.5 Å². The molecule has 1 aliphatic rings. The van der Waals surface area contributed by atoms with Crippen LogP contribution in [0.25, 0.3) is 10.9 Å². The molecule has 1 aliphatic heterocycles. The van der Waals surface area contributed by atoms with E-state index in [0.717, 1.165) is 22.2 Å². The van der Waals surface area contributed by atoms with Gasteiger partial charge in [-0.2, -0.15) is 0 Å². The molecule has 3 N–H and O–H groups in total. The standard InChI is InChI=1S/C11H9N3O2/c12-11(15)10-7-4-3-6-2-1-5-13-8(6)9(7)14-16-10/h1-5,10,14H,(H2,12,15). The maximum Gasteiger partial charge on any atom is 0.254 e. The lowest BCUT2D eigenvalue weighted by Crippen LogP contribution is -2.21. The lowest BCUT2D eigenvalue weighted by Gasteiger charge is -2.03. The van der Waals surface area contributed by atoms with Crippen LogP contribution in [0.1, 0.15) is 11.7 Å². The number of carbonyl (C=O) groups is 1. The van der Waals surface area contributed by atoms with Gasteiger partial charge in [-0.25, -0.2) is 0 Å². The number of hydrogen-bond acceptors (Lipinski definition) is 4. The van der Waals surface area contributed by atoms with Crippen molar-refractivity contribution in [3.8, 4) is 0 Å². The second kappa shape index (κ2) is 3.18. The number of aromatic nitrogens is 1. The monoisotopic (exact) mass is 215 g/mol. The molecule has 1 unspecified atom stereocenters. The maximum absolute atomic E-state index is 11.1. The number of nitrogens with two attached hydrogens (primary N) is 1. The minimum Gasteiger partial charge on any atom is -0.367 e. The average molecular weight is 215 g/mol. The number of hydrogen-bond donors (Lipinski definition) is 2. The molecule has 3 rings (SSSR count). The van der Waals surface area contributed by atoms with Gasteiger partial charge in [0.15, 0.2) is 6.10 Å². The van der Waals surface area contributed by atoms with Crippen molar-refractivity contribution >= 4 is 22.5 Å². The number of anilines is 1. The summed E-state index contributed by atoms with van der Waals surface area (Å²) >= 11 is 0. The third kappa shape index (κ3) is 1.15. The molecule has 16 heavy (non-hydrogen) atoms. The van der Waals surface area contributed by atoms with Crippen LogP contribution in [0, 0.1) is 0 Å². The molecule has 1 aromatic heterocycles. The third-order valence-corrected chi connectivity index (χ3v) is 2.63. The van der Waals surface area contributed by atoms with Gasteiger partial charge in [0.1, 0.15) is 0 Å². The number of rotatable bonds is 1. The fourth-order valence-electron chi connectivity index (χ4n) is 1.88. The molecule has 1 amide bonds. The molecule has 0 fully saturated rings. The van der Waals surface area contributed by atoms with Crippen molar-refractivity contribution in [3.63, 3.8) is 0 Å². The van der Waals surface area contributed by atoms with E-state index in [1.54, 1.807) is 6.20 Å². The molecule has 0 aliphatic carbocycles. The summed E-state index contributed by atoms with van der Waals surface area (Å²) in [5.74, 6) is -0.512. The van der Waals surface area contributed by atoms with Crippen molar-refractivity contribution in [3.05, 3.63) is 36.0 Å². The summed E-state index contributed by atoms with van der Waals surface area (Å²) in [5, 5.41) is 0.988. The largest absolute Gasteiger partial charge is 0.367 e. The predicted molar refractivity (Wildman–Crippen MR) is 58.4 cm³/mol. The van der Waals surface area contributed by atoms with Crippen LogP contribution in [-0.4, -0.2) is 10.9 Å². The van der Waals surface area contributed by atoms with Gasteiger partial charge in [0.2, 0.25) is 0 Å². The van der Waals surface area contributed by atoms with E-state index in [9.17, 15) is 4.79 Å². The number of nitrogens with zero attached hydrogens (tertiary/aromatic N) is 1. The van der Waals surface area contributed by atoms with Crippen LogP contribution < -0.4 is 11.2 Å². The van der Waals surface area contributed by atoms with Crippen molar-refractivity contribution in [1.29, 1.82) is 0 Å². The van der Waals surface area contributed by atoms with Gasteiger partial charge >= 0.3 is 0 Å². The molecular weight excluding hydrogens is 206 g/mol. The Morgan fingerprint density at radius 1 is 1.44 bits per heavy atom. The highest BCUT2D eigenvalue weighted by Gasteiger charge is 2.29. The summed E-state index contributed by atoms with van der Waals surface area (Å²) in [7, 11) is 0. The predicted octanol–water partition coefficient (Wildman–Crippen LogP) is 1.12. The Morgan fingerprint density at radius 3 is 3.12 bits per heavy atom. The van der Waals surface area contributed by atoms with Gasteiger partial charge in [-0.1, -0.05) is 18.2 Å². The van der Waals surface area contributed by atoms with Crippen LogP contribution in [0.3, 0.4) is 0 Å². The van der Waals surface area contributed by atoms with E-state index in [1.165, 1.54) is 0 Å². The van der Waals surface area contributed by atoms with Gasteiger partial charge in [-0.05, 0) is 6.07 Å². The molecule has 5 nitrogen and oxygen atoms in total. The van der Waals surface area contributed by atoms with Gasteiger partial charge in [-0.3, -0.25) is 20.1 Å². The Morgan fingerprint density at radius 2 is 2.31 bits per heavy atom. The van der Waals surface area contributed by atoms with Crippen LogP contribution in [0.5, 0.6) is 0 Å². The molecule has 2 heterocycles. The van der Waals surface area contributed by atoms with E-state index < -0.39 is 12.0 Å². The minimum atomic E-state index is -0.735. The van der Waals surface area contributed by atoms with Crippen molar-refractivity contribution in [2.75, 3.05) is 5.48 Å². The molecule has 0 radical (unpaired) electrons. The van der Waals surface area contributed by atoms with Crippen molar-refractivity contribution in [1.82, 2.24) is 4.98 Å². The quantitative estimate of drug-likeness (QED) is 0.747. The Labute approximate surface area is 91.2 Å². The van der Waals surface area contributed by atoms with E-state index >= 15 is 0 Å². The molecule has 0 saturated carbocycles. The first kappa shape index (κ1) is 9.11. The normalized spacial score (nSPS) is 18.1.